The van der Waals surface area contributed by atoms with E-state index in [0.29, 0.717) is 22.9 Å². The van der Waals surface area contributed by atoms with Crippen molar-refractivity contribution in [3.8, 4) is 11.4 Å². The molecule has 0 aliphatic rings. The molecule has 0 aliphatic carbocycles. The summed E-state index contributed by atoms with van der Waals surface area (Å²) < 4.78 is 51.4. The maximum Gasteiger partial charge on any atom is 0.419 e. The third-order valence-electron chi connectivity index (χ3n) is 2.61. The Kier molecular flexibility index (Phi) is 3.61. The van der Waals surface area contributed by atoms with Crippen molar-refractivity contribution in [2.24, 2.45) is 0 Å². The van der Waals surface area contributed by atoms with Gasteiger partial charge in [-0.05, 0) is 18.2 Å². The first-order valence-electron chi connectivity index (χ1n) is 5.55. The van der Waals surface area contributed by atoms with Crippen LogP contribution in [0.3, 0.4) is 0 Å². The fourth-order valence-corrected chi connectivity index (χ4v) is 1.65. The first-order valence-corrected chi connectivity index (χ1v) is 5.55. The van der Waals surface area contributed by atoms with Crippen molar-refractivity contribution in [3.05, 3.63) is 51.7 Å². The fraction of sp³-hybridized carbons (Fsp3) is 0.0833. The average molecular weight is 318 g/mol. The number of benzene rings is 1. The Bertz CT molecular complexity index is 814. The van der Waals surface area contributed by atoms with E-state index in [-0.39, 0.29) is 0 Å². The highest BCUT2D eigenvalue weighted by atomic mass is 19.4. The molecule has 1 aromatic heterocycles. The second-order valence-corrected chi connectivity index (χ2v) is 4.10. The molecule has 0 atom stereocenters. The number of hydrogen-bond acceptors (Lipinski definition) is 4. The molecule has 0 unspecified atom stereocenters. The van der Waals surface area contributed by atoms with Gasteiger partial charge >= 0.3 is 12.1 Å². The van der Waals surface area contributed by atoms with E-state index < -0.39 is 46.2 Å². The summed E-state index contributed by atoms with van der Waals surface area (Å²) in [6, 6.07) is 2.08. The highest BCUT2D eigenvalue weighted by Gasteiger charge is 2.34. The highest BCUT2D eigenvalue weighted by Crippen LogP contribution is 2.32. The van der Waals surface area contributed by atoms with E-state index in [1.165, 1.54) is 0 Å². The van der Waals surface area contributed by atoms with Crippen LogP contribution in [-0.2, 0) is 6.18 Å². The van der Waals surface area contributed by atoms with Gasteiger partial charge in [-0.15, -0.1) is 0 Å². The summed E-state index contributed by atoms with van der Waals surface area (Å²) in [7, 11) is 0. The molecule has 0 radical (unpaired) electrons. The van der Waals surface area contributed by atoms with Crippen LogP contribution in [-0.4, -0.2) is 26.0 Å². The molecule has 6 nitrogen and oxygen atoms in total. The fourth-order valence-electron chi connectivity index (χ4n) is 1.65. The number of carboxylic acid groups (broad SMARTS) is 1. The lowest BCUT2D eigenvalue weighted by atomic mass is 10.2. The Balaban J connectivity index is 2.70. The molecule has 0 spiro atoms. The Morgan fingerprint density at radius 2 is 1.86 bits per heavy atom. The molecule has 2 rings (SSSR count). The average Bonchev–Trinajstić information content (AvgIpc) is 2.38. The van der Waals surface area contributed by atoms with Crippen molar-refractivity contribution < 1.29 is 32.6 Å². The molecule has 0 aliphatic heterocycles. The number of carboxylic acids is 1. The van der Waals surface area contributed by atoms with Gasteiger partial charge < -0.3 is 10.2 Å². The molecular formula is C12H6F4N2O4. The van der Waals surface area contributed by atoms with Gasteiger partial charge in [-0.2, -0.15) is 23.0 Å². The Morgan fingerprint density at radius 3 is 2.41 bits per heavy atom. The summed E-state index contributed by atoms with van der Waals surface area (Å²) in [4.78, 5) is 22.5. The van der Waals surface area contributed by atoms with Crippen LogP contribution in [0, 0.1) is 5.82 Å². The number of aromatic carboxylic acids is 1. The minimum atomic E-state index is -5.00. The second-order valence-electron chi connectivity index (χ2n) is 4.10. The number of alkyl halides is 3. The van der Waals surface area contributed by atoms with Crippen molar-refractivity contribution in [2.45, 2.75) is 6.18 Å². The molecule has 10 heteroatoms. The van der Waals surface area contributed by atoms with Crippen LogP contribution in [0.5, 0.6) is 5.75 Å². The summed E-state index contributed by atoms with van der Waals surface area (Å²) in [5.41, 5.74) is -4.15. The molecular weight excluding hydrogens is 312 g/mol. The molecule has 0 bridgehead atoms. The molecule has 1 heterocycles. The van der Waals surface area contributed by atoms with Gasteiger partial charge in [-0.25, -0.2) is 9.18 Å². The van der Waals surface area contributed by atoms with Crippen LogP contribution in [0.25, 0.3) is 5.69 Å². The van der Waals surface area contributed by atoms with Crippen LogP contribution < -0.4 is 5.56 Å². The Morgan fingerprint density at radius 1 is 1.23 bits per heavy atom. The topological polar surface area (TPSA) is 92.4 Å². The number of nitrogens with zero attached hydrogens (tertiary/aromatic N) is 2. The standard InChI is InChI=1S/C12H6F4N2O4/c13-7-2-1-5(3-6(7)12(14,15)16)18-9(20)4-8(19)10(17-18)11(21)22/h1-4,19H,(H,21,22). The first-order chi connectivity index (χ1) is 10.1. The van der Waals surface area contributed by atoms with Crippen LogP contribution in [0.4, 0.5) is 17.6 Å². The predicted molar refractivity (Wildman–Crippen MR) is 63.4 cm³/mol. The van der Waals surface area contributed by atoms with Crippen LogP contribution in [0.15, 0.2) is 29.1 Å². The third kappa shape index (κ3) is 2.75. The van der Waals surface area contributed by atoms with Crippen molar-refractivity contribution in [3.63, 3.8) is 0 Å². The SMILES string of the molecule is O=C(O)c1nn(-c2ccc(F)c(C(F)(F)F)c2)c(=O)cc1O. The molecule has 0 saturated carbocycles. The minimum Gasteiger partial charge on any atom is -0.505 e. The lowest BCUT2D eigenvalue weighted by molar-refractivity contribution is -0.140. The predicted octanol–water partition coefficient (Wildman–Crippen LogP) is 1.79. The smallest absolute Gasteiger partial charge is 0.419 e. The normalized spacial score (nSPS) is 11.5. The molecule has 1 aromatic carbocycles. The van der Waals surface area contributed by atoms with Crippen molar-refractivity contribution in [2.75, 3.05) is 0 Å². The van der Waals surface area contributed by atoms with Gasteiger partial charge in [0.05, 0.1) is 11.3 Å². The Labute approximate surface area is 118 Å². The van der Waals surface area contributed by atoms with E-state index in [0.717, 1.165) is 6.07 Å². The van der Waals surface area contributed by atoms with Crippen LogP contribution >= 0.6 is 0 Å². The van der Waals surface area contributed by atoms with E-state index in [4.69, 9.17) is 5.11 Å². The lowest BCUT2D eigenvalue weighted by Crippen LogP contribution is -2.23. The molecule has 0 saturated heterocycles. The third-order valence-corrected chi connectivity index (χ3v) is 2.61. The maximum atomic E-state index is 13.2. The van der Waals surface area contributed by atoms with Gasteiger partial charge in [0.25, 0.3) is 5.56 Å². The zero-order chi connectivity index (χ0) is 16.7. The summed E-state index contributed by atoms with van der Waals surface area (Å²) >= 11 is 0. The van der Waals surface area contributed by atoms with E-state index in [1.807, 2.05) is 0 Å². The second kappa shape index (κ2) is 5.13. The zero-order valence-electron chi connectivity index (χ0n) is 10.4. The number of hydrogen-bond donors (Lipinski definition) is 2. The molecule has 22 heavy (non-hydrogen) atoms. The van der Waals surface area contributed by atoms with Gasteiger partial charge in [0, 0.05) is 6.07 Å². The van der Waals surface area contributed by atoms with Gasteiger partial charge in [0.2, 0.25) is 5.69 Å². The molecule has 0 amide bonds. The van der Waals surface area contributed by atoms with Gasteiger partial charge in [0.15, 0.2) is 5.75 Å². The number of carbonyl (C=O) groups is 1. The van der Waals surface area contributed by atoms with Crippen molar-refractivity contribution >= 4 is 5.97 Å². The number of halogens is 4. The van der Waals surface area contributed by atoms with Crippen LogP contribution in [0.2, 0.25) is 0 Å². The number of aromatic hydroxyl groups is 1. The summed E-state index contributed by atoms with van der Waals surface area (Å²) in [6.07, 6.45) is -5.00. The summed E-state index contributed by atoms with van der Waals surface area (Å²) in [5, 5.41) is 21.3. The monoisotopic (exact) mass is 318 g/mol. The first kappa shape index (κ1) is 15.5. The molecule has 2 aromatic rings. The summed E-state index contributed by atoms with van der Waals surface area (Å²) in [6.45, 7) is 0. The van der Waals surface area contributed by atoms with Crippen molar-refractivity contribution in [1.29, 1.82) is 0 Å². The Hall–Kier alpha value is -2.91. The summed E-state index contributed by atoms with van der Waals surface area (Å²) in [5.74, 6) is -4.18. The van der Waals surface area contributed by atoms with E-state index in [9.17, 15) is 32.3 Å². The van der Waals surface area contributed by atoms with Gasteiger partial charge in [-0.3, -0.25) is 4.79 Å². The van der Waals surface area contributed by atoms with E-state index in [1.54, 1.807) is 0 Å². The lowest BCUT2D eigenvalue weighted by Gasteiger charge is -2.11. The van der Waals surface area contributed by atoms with E-state index >= 15 is 0 Å². The number of aromatic nitrogens is 2. The minimum absolute atomic E-state index is 0.312. The zero-order valence-corrected chi connectivity index (χ0v) is 10.4. The van der Waals surface area contributed by atoms with Gasteiger partial charge in [0.1, 0.15) is 5.82 Å². The highest BCUT2D eigenvalue weighted by molar-refractivity contribution is 5.88. The molecule has 0 fully saturated rings. The quantitative estimate of drug-likeness (QED) is 0.824. The molecule has 116 valence electrons. The van der Waals surface area contributed by atoms with Crippen LogP contribution in [0.1, 0.15) is 16.1 Å². The largest absolute Gasteiger partial charge is 0.505 e. The molecule has 2 N–H and O–H groups in total. The van der Waals surface area contributed by atoms with Crippen molar-refractivity contribution in [1.82, 2.24) is 9.78 Å². The maximum absolute atomic E-state index is 13.2. The van der Waals surface area contributed by atoms with Gasteiger partial charge in [-0.1, -0.05) is 0 Å². The number of rotatable bonds is 2. The van der Waals surface area contributed by atoms with E-state index in [2.05, 4.69) is 5.10 Å².